The zero-order valence-electron chi connectivity index (χ0n) is 12.0. The van der Waals surface area contributed by atoms with Crippen LogP contribution in [0.2, 0.25) is 0 Å². The van der Waals surface area contributed by atoms with E-state index in [1.54, 1.807) is 24.1 Å². The number of benzene rings is 1. The molecule has 0 aromatic heterocycles. The lowest BCUT2D eigenvalue weighted by atomic mass is 10.0. The molecule has 0 radical (unpaired) electrons. The van der Waals surface area contributed by atoms with Gasteiger partial charge in [-0.1, -0.05) is 0 Å². The predicted molar refractivity (Wildman–Crippen MR) is 78.2 cm³/mol. The van der Waals surface area contributed by atoms with Gasteiger partial charge in [-0.05, 0) is 36.6 Å². The van der Waals surface area contributed by atoms with Crippen LogP contribution in [0.1, 0.15) is 35.2 Å². The van der Waals surface area contributed by atoms with E-state index in [-0.39, 0.29) is 23.5 Å². The smallest absolute Gasteiger partial charge is 0.231 e. The Bertz CT molecular complexity index is 620. The van der Waals surface area contributed by atoms with Crippen LogP contribution in [0.25, 0.3) is 0 Å². The molecule has 5 heteroatoms. The molecule has 0 atom stereocenters. The monoisotopic (exact) mass is 286 g/mol. The first-order valence-electron chi connectivity index (χ1n) is 7.26. The summed E-state index contributed by atoms with van der Waals surface area (Å²) in [5.41, 5.74) is 2.38. The van der Waals surface area contributed by atoms with Gasteiger partial charge in [-0.3, -0.25) is 14.4 Å². The molecule has 2 aliphatic rings. The average Bonchev–Trinajstić information content (AvgIpc) is 3.27. The van der Waals surface area contributed by atoms with Gasteiger partial charge in [0.2, 0.25) is 11.8 Å². The first-order valence-corrected chi connectivity index (χ1v) is 7.26. The Balaban J connectivity index is 1.59. The van der Waals surface area contributed by atoms with Crippen molar-refractivity contribution in [3.05, 3.63) is 29.3 Å². The highest BCUT2D eigenvalue weighted by Crippen LogP contribution is 2.29. The van der Waals surface area contributed by atoms with E-state index in [2.05, 4.69) is 5.32 Å². The van der Waals surface area contributed by atoms with E-state index < -0.39 is 0 Å². The third-order valence-corrected chi connectivity index (χ3v) is 4.08. The summed E-state index contributed by atoms with van der Waals surface area (Å²) in [5.74, 6) is 0.271. The SMILES string of the molecule is CN1C(=O)Cc2cc(C(=O)CCNC(=O)C3CC3)ccc21. The standard InChI is InChI=1S/C16H18N2O3/c1-18-13-5-4-11(8-12(13)9-15(18)20)14(19)6-7-17-16(21)10-2-3-10/h4-5,8,10H,2-3,6-7,9H2,1H3,(H,17,21). The number of hydrogen-bond acceptors (Lipinski definition) is 3. The molecule has 0 bridgehead atoms. The summed E-state index contributed by atoms with van der Waals surface area (Å²) in [6.45, 7) is 0.379. The predicted octanol–water partition coefficient (Wildman–Crippen LogP) is 1.30. The van der Waals surface area contributed by atoms with Gasteiger partial charge in [0, 0.05) is 37.2 Å². The van der Waals surface area contributed by atoms with Crippen LogP contribution < -0.4 is 10.2 Å². The van der Waals surface area contributed by atoms with Crippen molar-refractivity contribution in [3.8, 4) is 0 Å². The molecule has 110 valence electrons. The molecular formula is C16H18N2O3. The largest absolute Gasteiger partial charge is 0.355 e. The van der Waals surface area contributed by atoms with Gasteiger partial charge in [-0.25, -0.2) is 0 Å². The van der Waals surface area contributed by atoms with E-state index >= 15 is 0 Å². The summed E-state index contributed by atoms with van der Waals surface area (Å²) in [7, 11) is 1.74. The Kier molecular flexibility index (Phi) is 3.49. The lowest BCUT2D eigenvalue weighted by Gasteiger charge is -2.10. The van der Waals surface area contributed by atoms with E-state index in [9.17, 15) is 14.4 Å². The molecule has 1 aromatic carbocycles. The van der Waals surface area contributed by atoms with Crippen molar-refractivity contribution < 1.29 is 14.4 Å². The second-order valence-electron chi connectivity index (χ2n) is 5.71. The number of rotatable bonds is 5. The zero-order valence-corrected chi connectivity index (χ0v) is 12.0. The van der Waals surface area contributed by atoms with Crippen LogP contribution in [-0.4, -0.2) is 31.2 Å². The highest BCUT2D eigenvalue weighted by molar-refractivity contribution is 6.03. The number of anilines is 1. The maximum Gasteiger partial charge on any atom is 0.231 e. The van der Waals surface area contributed by atoms with Gasteiger partial charge in [0.15, 0.2) is 5.78 Å². The van der Waals surface area contributed by atoms with Crippen molar-refractivity contribution in [3.63, 3.8) is 0 Å². The number of carbonyl (C=O) groups is 3. The molecular weight excluding hydrogens is 268 g/mol. The van der Waals surface area contributed by atoms with Crippen LogP contribution >= 0.6 is 0 Å². The van der Waals surface area contributed by atoms with E-state index in [0.717, 1.165) is 24.1 Å². The topological polar surface area (TPSA) is 66.5 Å². The highest BCUT2D eigenvalue weighted by Gasteiger charge is 2.29. The van der Waals surface area contributed by atoms with Crippen molar-refractivity contribution >= 4 is 23.3 Å². The zero-order chi connectivity index (χ0) is 15.0. The van der Waals surface area contributed by atoms with Gasteiger partial charge in [0.05, 0.1) is 6.42 Å². The lowest BCUT2D eigenvalue weighted by molar-refractivity contribution is -0.122. The number of Topliss-reactive ketones (excluding diaryl/α,β-unsaturated/α-hetero) is 1. The fourth-order valence-corrected chi connectivity index (χ4v) is 2.58. The van der Waals surface area contributed by atoms with Crippen molar-refractivity contribution in [2.24, 2.45) is 5.92 Å². The Morgan fingerprint density at radius 1 is 1.33 bits per heavy atom. The number of ketones is 1. The second-order valence-corrected chi connectivity index (χ2v) is 5.71. The van der Waals surface area contributed by atoms with Gasteiger partial charge in [0.1, 0.15) is 0 Å². The Hall–Kier alpha value is -2.17. The summed E-state index contributed by atoms with van der Waals surface area (Å²) in [6, 6.07) is 5.36. The fraction of sp³-hybridized carbons (Fsp3) is 0.438. The molecule has 0 saturated heterocycles. The number of hydrogen-bond donors (Lipinski definition) is 1. The second kappa shape index (κ2) is 5.31. The maximum absolute atomic E-state index is 12.1. The molecule has 0 spiro atoms. The van der Waals surface area contributed by atoms with Crippen molar-refractivity contribution in [1.82, 2.24) is 5.32 Å². The van der Waals surface area contributed by atoms with E-state index in [0.29, 0.717) is 24.9 Å². The molecule has 1 N–H and O–H groups in total. The van der Waals surface area contributed by atoms with Gasteiger partial charge in [0.25, 0.3) is 0 Å². The molecule has 3 rings (SSSR count). The number of amides is 2. The number of nitrogens with zero attached hydrogens (tertiary/aromatic N) is 1. The molecule has 2 amide bonds. The van der Waals surface area contributed by atoms with E-state index in [1.165, 1.54) is 0 Å². The minimum Gasteiger partial charge on any atom is -0.355 e. The van der Waals surface area contributed by atoms with E-state index in [1.807, 2.05) is 6.07 Å². The Morgan fingerprint density at radius 3 is 2.81 bits per heavy atom. The number of likely N-dealkylation sites (N-methyl/N-ethyl adjacent to an activating group) is 1. The lowest BCUT2D eigenvalue weighted by Crippen LogP contribution is -2.27. The van der Waals surface area contributed by atoms with Crippen molar-refractivity contribution in [2.45, 2.75) is 25.7 Å². The van der Waals surface area contributed by atoms with Gasteiger partial charge >= 0.3 is 0 Å². The third-order valence-electron chi connectivity index (χ3n) is 4.08. The maximum atomic E-state index is 12.1. The number of fused-ring (bicyclic) bond motifs is 1. The molecule has 1 aliphatic carbocycles. The Labute approximate surface area is 123 Å². The quantitative estimate of drug-likeness (QED) is 0.830. The molecule has 1 aromatic rings. The fourth-order valence-electron chi connectivity index (χ4n) is 2.58. The first kappa shape index (κ1) is 13.8. The first-order chi connectivity index (χ1) is 10.1. The molecule has 5 nitrogen and oxygen atoms in total. The van der Waals surface area contributed by atoms with Crippen molar-refractivity contribution in [2.75, 3.05) is 18.5 Å². The minimum atomic E-state index is -0.00380. The number of carbonyl (C=O) groups excluding carboxylic acids is 3. The van der Waals surface area contributed by atoms with Crippen LogP contribution in [0.4, 0.5) is 5.69 Å². The highest BCUT2D eigenvalue weighted by atomic mass is 16.2. The summed E-state index contributed by atoms with van der Waals surface area (Å²) >= 11 is 0. The summed E-state index contributed by atoms with van der Waals surface area (Å²) < 4.78 is 0. The van der Waals surface area contributed by atoms with Gasteiger partial charge in [-0.2, -0.15) is 0 Å². The van der Waals surface area contributed by atoms with E-state index in [4.69, 9.17) is 0 Å². The van der Waals surface area contributed by atoms with Crippen LogP contribution in [-0.2, 0) is 16.0 Å². The molecule has 1 aliphatic heterocycles. The number of nitrogens with one attached hydrogen (secondary N) is 1. The van der Waals surface area contributed by atoms with Crippen LogP contribution in [0.3, 0.4) is 0 Å². The molecule has 0 unspecified atom stereocenters. The van der Waals surface area contributed by atoms with Crippen molar-refractivity contribution in [1.29, 1.82) is 0 Å². The summed E-state index contributed by atoms with van der Waals surface area (Å²) in [5, 5.41) is 2.79. The molecule has 21 heavy (non-hydrogen) atoms. The van der Waals surface area contributed by atoms with Gasteiger partial charge in [-0.15, -0.1) is 0 Å². The molecule has 1 saturated carbocycles. The average molecular weight is 286 g/mol. The Morgan fingerprint density at radius 2 is 2.10 bits per heavy atom. The molecule has 1 heterocycles. The summed E-state index contributed by atoms with van der Waals surface area (Å²) in [6.07, 6.45) is 2.57. The van der Waals surface area contributed by atoms with Crippen LogP contribution in [0.5, 0.6) is 0 Å². The van der Waals surface area contributed by atoms with Crippen LogP contribution in [0.15, 0.2) is 18.2 Å². The minimum absolute atomic E-state index is 0.00380. The van der Waals surface area contributed by atoms with Gasteiger partial charge < -0.3 is 10.2 Å². The van der Waals surface area contributed by atoms with Crippen LogP contribution in [0, 0.1) is 5.92 Å². The third kappa shape index (κ3) is 2.82. The molecule has 1 fully saturated rings. The summed E-state index contributed by atoms with van der Waals surface area (Å²) in [4.78, 5) is 36.8. The normalized spacial score (nSPS) is 16.8.